The van der Waals surface area contributed by atoms with Crippen molar-refractivity contribution in [3.05, 3.63) is 29.8 Å². The van der Waals surface area contributed by atoms with Crippen LogP contribution in [-0.4, -0.2) is 20.2 Å². The van der Waals surface area contributed by atoms with Gasteiger partial charge in [-0.1, -0.05) is 31.4 Å². The molecule has 2 nitrogen and oxygen atoms in total. The molecule has 108 valence electrons. The van der Waals surface area contributed by atoms with E-state index >= 15 is 0 Å². The molecule has 0 atom stereocenters. The maximum absolute atomic E-state index is 5.16. The molecule has 1 aliphatic carbocycles. The van der Waals surface area contributed by atoms with Crippen molar-refractivity contribution in [2.24, 2.45) is 5.92 Å². The Kier molecular flexibility index (Phi) is 7.92. The fourth-order valence-corrected chi connectivity index (χ4v) is 2.72. The summed E-state index contributed by atoms with van der Waals surface area (Å²) in [7, 11) is 1.71. The van der Waals surface area contributed by atoms with Gasteiger partial charge in [0, 0.05) is 0 Å². The van der Waals surface area contributed by atoms with E-state index < -0.39 is 0 Å². The molecule has 1 saturated carbocycles. The first-order chi connectivity index (χ1) is 8.88. The molecule has 3 heteroatoms. The van der Waals surface area contributed by atoms with Crippen LogP contribution in [0.3, 0.4) is 0 Å². The molecular weight excluding hydrogens is 258 g/mol. The molecule has 0 unspecified atom stereocenters. The predicted molar refractivity (Wildman–Crippen MR) is 83.4 cm³/mol. The number of ether oxygens (including phenoxy) is 1. The molecule has 1 fully saturated rings. The van der Waals surface area contributed by atoms with Crippen LogP contribution in [0.25, 0.3) is 0 Å². The molecule has 0 bridgehead atoms. The Labute approximate surface area is 123 Å². The maximum Gasteiger partial charge on any atom is 0.118 e. The average Bonchev–Trinajstić information content (AvgIpc) is 2.45. The summed E-state index contributed by atoms with van der Waals surface area (Å²) in [5.41, 5.74) is 1.38. The summed E-state index contributed by atoms with van der Waals surface area (Å²) in [6.07, 6.45) is 8.28. The monoisotopic (exact) mass is 283 g/mol. The number of benzene rings is 1. The smallest absolute Gasteiger partial charge is 0.118 e. The third-order valence-electron chi connectivity index (χ3n) is 3.91. The van der Waals surface area contributed by atoms with Gasteiger partial charge in [0.25, 0.3) is 0 Å². The first-order valence-corrected chi connectivity index (χ1v) is 7.22. The van der Waals surface area contributed by atoms with Crippen LogP contribution in [0.1, 0.15) is 37.7 Å². The Morgan fingerprint density at radius 1 is 1.11 bits per heavy atom. The van der Waals surface area contributed by atoms with Crippen molar-refractivity contribution in [3.8, 4) is 5.75 Å². The second kappa shape index (κ2) is 9.22. The van der Waals surface area contributed by atoms with Crippen molar-refractivity contribution in [1.29, 1.82) is 0 Å². The first-order valence-electron chi connectivity index (χ1n) is 7.22. The number of halogens is 1. The molecule has 1 N–H and O–H groups in total. The van der Waals surface area contributed by atoms with Crippen LogP contribution in [0, 0.1) is 5.92 Å². The highest BCUT2D eigenvalue weighted by molar-refractivity contribution is 5.85. The highest BCUT2D eigenvalue weighted by atomic mass is 35.5. The number of rotatable bonds is 6. The van der Waals surface area contributed by atoms with Gasteiger partial charge in [-0.3, -0.25) is 0 Å². The largest absolute Gasteiger partial charge is 0.497 e. The van der Waals surface area contributed by atoms with Gasteiger partial charge in [-0.05, 0) is 56.0 Å². The lowest BCUT2D eigenvalue weighted by molar-refractivity contribution is 0.343. The molecule has 0 amide bonds. The van der Waals surface area contributed by atoms with Crippen LogP contribution in [0.5, 0.6) is 5.75 Å². The normalized spacial score (nSPS) is 15.8. The third kappa shape index (κ3) is 5.84. The third-order valence-corrected chi connectivity index (χ3v) is 3.91. The zero-order valence-corrected chi connectivity index (χ0v) is 12.7. The van der Waals surface area contributed by atoms with Gasteiger partial charge in [0.15, 0.2) is 0 Å². The topological polar surface area (TPSA) is 21.3 Å². The van der Waals surface area contributed by atoms with Gasteiger partial charge < -0.3 is 10.1 Å². The minimum atomic E-state index is 0. The molecule has 1 aromatic carbocycles. The van der Waals surface area contributed by atoms with Crippen molar-refractivity contribution in [1.82, 2.24) is 5.32 Å². The van der Waals surface area contributed by atoms with E-state index in [0.717, 1.165) is 24.6 Å². The molecule has 1 aliphatic rings. The van der Waals surface area contributed by atoms with Crippen molar-refractivity contribution >= 4 is 12.4 Å². The fourth-order valence-electron chi connectivity index (χ4n) is 2.72. The summed E-state index contributed by atoms with van der Waals surface area (Å²) < 4.78 is 5.16. The zero-order valence-electron chi connectivity index (χ0n) is 11.9. The molecule has 0 aromatic heterocycles. The van der Waals surface area contributed by atoms with Crippen molar-refractivity contribution in [2.75, 3.05) is 20.2 Å². The van der Waals surface area contributed by atoms with Crippen LogP contribution in [0.15, 0.2) is 24.3 Å². The van der Waals surface area contributed by atoms with E-state index in [1.54, 1.807) is 7.11 Å². The average molecular weight is 284 g/mol. The van der Waals surface area contributed by atoms with Crippen molar-refractivity contribution in [3.63, 3.8) is 0 Å². The zero-order chi connectivity index (χ0) is 12.6. The van der Waals surface area contributed by atoms with E-state index in [1.807, 2.05) is 12.1 Å². The van der Waals surface area contributed by atoms with E-state index in [1.165, 1.54) is 44.2 Å². The lowest BCUT2D eigenvalue weighted by Crippen LogP contribution is -2.26. The highest BCUT2D eigenvalue weighted by Gasteiger charge is 2.12. The van der Waals surface area contributed by atoms with E-state index in [9.17, 15) is 0 Å². The van der Waals surface area contributed by atoms with Gasteiger partial charge >= 0.3 is 0 Å². The second-order valence-electron chi connectivity index (χ2n) is 5.31. The standard InChI is InChI=1S/C16H25NO.ClH/c1-18-16-9-7-14(8-10-16)11-12-17-13-15-5-3-2-4-6-15;/h7-10,15,17H,2-6,11-13H2,1H3;1H. The van der Waals surface area contributed by atoms with Crippen LogP contribution in [0.4, 0.5) is 0 Å². The Morgan fingerprint density at radius 2 is 1.79 bits per heavy atom. The summed E-state index contributed by atoms with van der Waals surface area (Å²) in [4.78, 5) is 0. The maximum atomic E-state index is 5.16. The quantitative estimate of drug-likeness (QED) is 0.801. The summed E-state index contributed by atoms with van der Waals surface area (Å²) in [5, 5.41) is 3.60. The SMILES string of the molecule is COc1ccc(CCNCC2CCCCC2)cc1.Cl. The molecule has 1 aromatic rings. The lowest BCUT2D eigenvalue weighted by Gasteiger charge is -2.21. The Bertz CT molecular complexity index is 333. The van der Waals surface area contributed by atoms with Crippen LogP contribution >= 0.6 is 12.4 Å². The number of nitrogens with one attached hydrogen (secondary N) is 1. The summed E-state index contributed by atoms with van der Waals surface area (Å²) >= 11 is 0. The summed E-state index contributed by atoms with van der Waals surface area (Å²) in [6.45, 7) is 2.29. The number of hydrogen-bond acceptors (Lipinski definition) is 2. The highest BCUT2D eigenvalue weighted by Crippen LogP contribution is 2.22. The molecule has 0 radical (unpaired) electrons. The Morgan fingerprint density at radius 3 is 2.42 bits per heavy atom. The summed E-state index contributed by atoms with van der Waals surface area (Å²) in [5.74, 6) is 1.86. The van der Waals surface area contributed by atoms with Crippen molar-refractivity contribution < 1.29 is 4.74 Å². The number of methoxy groups -OCH3 is 1. The Hall–Kier alpha value is -0.730. The number of hydrogen-bond donors (Lipinski definition) is 1. The van der Waals surface area contributed by atoms with E-state index in [2.05, 4.69) is 17.4 Å². The molecule has 0 aliphatic heterocycles. The Balaban J connectivity index is 0.00000180. The lowest BCUT2D eigenvalue weighted by atomic mass is 9.89. The van der Waals surface area contributed by atoms with Gasteiger partial charge in [-0.25, -0.2) is 0 Å². The molecule has 0 saturated heterocycles. The molecule has 0 spiro atoms. The predicted octanol–water partition coefficient (Wildman–Crippen LogP) is 3.83. The molecule has 0 heterocycles. The summed E-state index contributed by atoms with van der Waals surface area (Å²) in [6, 6.07) is 8.38. The van der Waals surface area contributed by atoms with E-state index in [4.69, 9.17) is 4.74 Å². The first kappa shape index (κ1) is 16.3. The van der Waals surface area contributed by atoms with Crippen molar-refractivity contribution in [2.45, 2.75) is 38.5 Å². The minimum Gasteiger partial charge on any atom is -0.497 e. The fraction of sp³-hybridized carbons (Fsp3) is 0.625. The molecule has 19 heavy (non-hydrogen) atoms. The van der Waals surface area contributed by atoms with Gasteiger partial charge in [-0.15, -0.1) is 12.4 Å². The van der Waals surface area contributed by atoms with Crippen LogP contribution in [-0.2, 0) is 6.42 Å². The van der Waals surface area contributed by atoms with E-state index in [0.29, 0.717) is 0 Å². The van der Waals surface area contributed by atoms with Crippen LogP contribution < -0.4 is 10.1 Å². The van der Waals surface area contributed by atoms with Gasteiger partial charge in [0.1, 0.15) is 5.75 Å². The van der Waals surface area contributed by atoms with Crippen LogP contribution in [0.2, 0.25) is 0 Å². The van der Waals surface area contributed by atoms with Gasteiger partial charge in [0.2, 0.25) is 0 Å². The van der Waals surface area contributed by atoms with Gasteiger partial charge in [0.05, 0.1) is 7.11 Å². The molecular formula is C16H26ClNO. The van der Waals surface area contributed by atoms with Gasteiger partial charge in [-0.2, -0.15) is 0 Å². The second-order valence-corrected chi connectivity index (χ2v) is 5.31. The minimum absolute atomic E-state index is 0. The van der Waals surface area contributed by atoms with E-state index in [-0.39, 0.29) is 12.4 Å². The molecule has 2 rings (SSSR count).